The molecule has 108 valence electrons. The van der Waals surface area contributed by atoms with Gasteiger partial charge in [0.25, 0.3) is 5.69 Å². The van der Waals surface area contributed by atoms with Gasteiger partial charge in [0.15, 0.2) is 0 Å². The quantitative estimate of drug-likeness (QED) is 0.658. The van der Waals surface area contributed by atoms with Crippen molar-refractivity contribution < 1.29 is 14.8 Å². The predicted octanol–water partition coefficient (Wildman–Crippen LogP) is 3.91. The van der Waals surface area contributed by atoms with Gasteiger partial charge in [0, 0.05) is 6.07 Å². The van der Waals surface area contributed by atoms with E-state index >= 15 is 0 Å². The molecule has 0 saturated heterocycles. The number of nitro groups is 1. The van der Waals surface area contributed by atoms with Gasteiger partial charge in [-0.1, -0.05) is 37.3 Å². The Morgan fingerprint density at radius 1 is 1.19 bits per heavy atom. The summed E-state index contributed by atoms with van der Waals surface area (Å²) in [5, 5.41) is 21.8. The zero-order chi connectivity index (χ0) is 15.4. The van der Waals surface area contributed by atoms with Crippen LogP contribution in [0.5, 0.6) is 0 Å². The third-order valence-electron chi connectivity index (χ3n) is 3.13. The molecular formula is C15H14N2O4. The van der Waals surface area contributed by atoms with Crippen LogP contribution in [0.2, 0.25) is 0 Å². The maximum atomic E-state index is 11.1. The third-order valence-corrected chi connectivity index (χ3v) is 3.13. The lowest BCUT2D eigenvalue weighted by Crippen LogP contribution is -2.09. The summed E-state index contributed by atoms with van der Waals surface area (Å²) < 4.78 is 0. The van der Waals surface area contributed by atoms with E-state index in [1.165, 1.54) is 17.7 Å². The van der Waals surface area contributed by atoms with Crippen LogP contribution in [-0.2, 0) is 6.42 Å². The van der Waals surface area contributed by atoms with Gasteiger partial charge < -0.3 is 5.11 Å². The molecule has 0 aliphatic carbocycles. The van der Waals surface area contributed by atoms with Gasteiger partial charge in [-0.2, -0.15) is 0 Å². The minimum atomic E-state index is -1.34. The molecule has 0 atom stereocenters. The van der Waals surface area contributed by atoms with Crippen molar-refractivity contribution in [1.29, 1.82) is 0 Å². The third kappa shape index (κ3) is 3.36. The first-order chi connectivity index (χ1) is 10.0. The largest absolute Gasteiger partial charge is 0.465 e. The van der Waals surface area contributed by atoms with Crippen molar-refractivity contribution in [2.24, 2.45) is 0 Å². The van der Waals surface area contributed by atoms with Crippen molar-refractivity contribution >= 4 is 17.5 Å². The number of carboxylic acid groups (broad SMARTS) is 1. The zero-order valence-electron chi connectivity index (χ0n) is 11.4. The van der Waals surface area contributed by atoms with Crippen molar-refractivity contribution in [3.05, 3.63) is 58.1 Å². The Balaban J connectivity index is 2.43. The highest BCUT2D eigenvalue weighted by molar-refractivity contribution is 5.87. The van der Waals surface area contributed by atoms with Crippen molar-refractivity contribution in [1.82, 2.24) is 0 Å². The number of carbonyl (C=O) groups is 1. The molecule has 2 N–H and O–H groups in total. The summed E-state index contributed by atoms with van der Waals surface area (Å²) >= 11 is 0. The fourth-order valence-electron chi connectivity index (χ4n) is 2.02. The van der Waals surface area contributed by atoms with Crippen LogP contribution in [0.25, 0.3) is 11.1 Å². The molecule has 0 aliphatic rings. The summed E-state index contributed by atoms with van der Waals surface area (Å²) in [5.41, 5.74) is 2.38. The van der Waals surface area contributed by atoms with Crippen molar-refractivity contribution in [2.75, 3.05) is 5.32 Å². The number of rotatable bonds is 4. The monoisotopic (exact) mass is 286 g/mol. The van der Waals surface area contributed by atoms with Crippen LogP contribution >= 0.6 is 0 Å². The Bertz CT molecular complexity index is 681. The Kier molecular flexibility index (Phi) is 4.18. The highest BCUT2D eigenvalue weighted by Crippen LogP contribution is 2.30. The van der Waals surface area contributed by atoms with Crippen LogP contribution < -0.4 is 5.32 Å². The lowest BCUT2D eigenvalue weighted by molar-refractivity contribution is -0.383. The van der Waals surface area contributed by atoms with Crippen LogP contribution in [0.3, 0.4) is 0 Å². The topological polar surface area (TPSA) is 92.5 Å². The SMILES string of the molecule is CCc1ccc(-c2ccc(NC(=O)O)c([N+](=O)[O-])c2)cc1. The second-order valence-corrected chi connectivity index (χ2v) is 4.47. The van der Waals surface area contributed by atoms with E-state index in [9.17, 15) is 14.9 Å². The average molecular weight is 286 g/mol. The summed E-state index contributed by atoms with van der Waals surface area (Å²) in [6.07, 6.45) is -0.416. The molecule has 6 heteroatoms. The lowest BCUT2D eigenvalue weighted by atomic mass is 10.0. The van der Waals surface area contributed by atoms with Gasteiger partial charge in [-0.15, -0.1) is 0 Å². The van der Waals surface area contributed by atoms with Crippen LogP contribution in [0.1, 0.15) is 12.5 Å². The maximum absolute atomic E-state index is 11.1. The summed E-state index contributed by atoms with van der Waals surface area (Å²) in [7, 11) is 0. The number of nitrogens with zero attached hydrogens (tertiary/aromatic N) is 1. The number of nitro benzene ring substituents is 1. The molecule has 21 heavy (non-hydrogen) atoms. The highest BCUT2D eigenvalue weighted by atomic mass is 16.6. The Morgan fingerprint density at radius 2 is 1.81 bits per heavy atom. The molecule has 0 unspecified atom stereocenters. The summed E-state index contributed by atoms with van der Waals surface area (Å²) in [6, 6.07) is 12.1. The van der Waals surface area contributed by atoms with E-state index < -0.39 is 11.0 Å². The number of nitrogens with one attached hydrogen (secondary N) is 1. The Hall–Kier alpha value is -2.89. The molecule has 0 bridgehead atoms. The molecule has 0 heterocycles. The predicted molar refractivity (Wildman–Crippen MR) is 79.6 cm³/mol. The second kappa shape index (κ2) is 6.04. The first-order valence-electron chi connectivity index (χ1n) is 6.39. The van der Waals surface area contributed by atoms with Crippen LogP contribution in [0, 0.1) is 10.1 Å². The van der Waals surface area contributed by atoms with E-state index in [1.807, 2.05) is 36.5 Å². The summed E-state index contributed by atoms with van der Waals surface area (Å²) in [4.78, 5) is 21.1. The van der Waals surface area contributed by atoms with Crippen molar-refractivity contribution in [3.63, 3.8) is 0 Å². The molecule has 2 aromatic carbocycles. The van der Waals surface area contributed by atoms with E-state index in [2.05, 4.69) is 0 Å². The number of amides is 1. The van der Waals surface area contributed by atoms with Crippen molar-refractivity contribution in [3.8, 4) is 11.1 Å². The number of hydrogen-bond acceptors (Lipinski definition) is 3. The fourth-order valence-corrected chi connectivity index (χ4v) is 2.02. The van der Waals surface area contributed by atoms with Crippen molar-refractivity contribution in [2.45, 2.75) is 13.3 Å². The standard InChI is InChI=1S/C15H14N2O4/c1-2-10-3-5-11(6-4-10)12-7-8-13(16-15(18)19)14(9-12)17(20)21/h3-9,16H,2H2,1H3,(H,18,19). The lowest BCUT2D eigenvalue weighted by Gasteiger charge is -2.06. The van der Waals surface area contributed by atoms with Gasteiger partial charge in [-0.3, -0.25) is 15.4 Å². The number of benzene rings is 2. The van der Waals surface area contributed by atoms with E-state index in [0.717, 1.165) is 12.0 Å². The molecule has 0 spiro atoms. The first-order valence-corrected chi connectivity index (χ1v) is 6.39. The molecule has 0 aliphatic heterocycles. The zero-order valence-corrected chi connectivity index (χ0v) is 11.4. The first kappa shape index (κ1) is 14.5. The minimum Gasteiger partial charge on any atom is -0.465 e. The molecule has 0 radical (unpaired) electrons. The molecule has 0 saturated carbocycles. The van der Waals surface area contributed by atoms with Gasteiger partial charge in [0.05, 0.1) is 4.92 Å². The second-order valence-electron chi connectivity index (χ2n) is 4.47. The molecular weight excluding hydrogens is 272 g/mol. The number of hydrogen-bond donors (Lipinski definition) is 2. The molecule has 6 nitrogen and oxygen atoms in total. The van der Waals surface area contributed by atoms with E-state index in [-0.39, 0.29) is 11.4 Å². The van der Waals surface area contributed by atoms with Gasteiger partial charge in [-0.25, -0.2) is 4.79 Å². The Labute approximate surface area is 121 Å². The van der Waals surface area contributed by atoms with Gasteiger partial charge in [-0.05, 0) is 29.2 Å². The highest BCUT2D eigenvalue weighted by Gasteiger charge is 2.16. The molecule has 0 fully saturated rings. The number of anilines is 1. The molecule has 2 rings (SSSR count). The molecule has 1 amide bonds. The fraction of sp³-hybridized carbons (Fsp3) is 0.133. The van der Waals surface area contributed by atoms with Crippen LogP contribution in [0.15, 0.2) is 42.5 Å². The molecule has 2 aromatic rings. The normalized spacial score (nSPS) is 10.1. The van der Waals surface area contributed by atoms with Gasteiger partial charge in [0.2, 0.25) is 0 Å². The summed E-state index contributed by atoms with van der Waals surface area (Å²) in [6.45, 7) is 2.05. The van der Waals surface area contributed by atoms with E-state index in [4.69, 9.17) is 5.11 Å². The summed E-state index contributed by atoms with van der Waals surface area (Å²) in [5.74, 6) is 0. The molecule has 0 aromatic heterocycles. The van der Waals surface area contributed by atoms with Crippen LogP contribution in [0.4, 0.5) is 16.2 Å². The maximum Gasteiger partial charge on any atom is 0.409 e. The van der Waals surface area contributed by atoms with Crippen LogP contribution in [-0.4, -0.2) is 16.1 Å². The average Bonchev–Trinajstić information content (AvgIpc) is 2.47. The minimum absolute atomic E-state index is 0.0403. The van der Waals surface area contributed by atoms with Gasteiger partial charge >= 0.3 is 6.09 Å². The van der Waals surface area contributed by atoms with Gasteiger partial charge in [0.1, 0.15) is 5.69 Å². The Morgan fingerprint density at radius 3 is 2.33 bits per heavy atom. The van der Waals surface area contributed by atoms with E-state index in [0.29, 0.717) is 5.56 Å². The van der Waals surface area contributed by atoms with E-state index in [1.54, 1.807) is 6.07 Å². The number of aryl methyl sites for hydroxylation is 1. The smallest absolute Gasteiger partial charge is 0.409 e.